The Morgan fingerprint density at radius 3 is 1.85 bits per heavy atom. The molecule has 2 aromatic carbocycles. The van der Waals surface area contributed by atoms with Crippen molar-refractivity contribution >= 4 is 39.0 Å². The monoisotopic (exact) mass is 425 g/mol. The number of nitro groups is 3. The van der Waals surface area contributed by atoms with Gasteiger partial charge in [-0.3, -0.25) is 30.3 Å². The SMILES string of the molecule is O=C(OCc1ccc([N+](=O)[O-])cc1)c1cc([N+](=O)[O-])c(Br)c([N+](=O)[O-])c1. The Morgan fingerprint density at radius 1 is 0.923 bits per heavy atom. The van der Waals surface area contributed by atoms with Gasteiger partial charge in [0.15, 0.2) is 4.47 Å². The van der Waals surface area contributed by atoms with E-state index < -0.39 is 32.1 Å². The first-order chi connectivity index (χ1) is 12.2. The molecule has 0 N–H and O–H groups in total. The van der Waals surface area contributed by atoms with Gasteiger partial charge in [-0.1, -0.05) is 0 Å². The molecule has 0 spiro atoms. The molecule has 11 nitrogen and oxygen atoms in total. The Balaban J connectivity index is 2.22. The number of benzene rings is 2. The largest absolute Gasteiger partial charge is 0.457 e. The van der Waals surface area contributed by atoms with E-state index in [4.69, 9.17) is 4.74 Å². The van der Waals surface area contributed by atoms with Crippen LogP contribution in [0.5, 0.6) is 0 Å². The smallest absolute Gasteiger partial charge is 0.338 e. The van der Waals surface area contributed by atoms with Gasteiger partial charge in [0.25, 0.3) is 17.1 Å². The van der Waals surface area contributed by atoms with Gasteiger partial charge in [0.05, 0.1) is 20.3 Å². The van der Waals surface area contributed by atoms with E-state index in [1.54, 1.807) is 0 Å². The highest BCUT2D eigenvalue weighted by atomic mass is 79.9. The summed E-state index contributed by atoms with van der Waals surface area (Å²) in [6.07, 6.45) is 0. The lowest BCUT2D eigenvalue weighted by atomic mass is 10.1. The van der Waals surface area contributed by atoms with Crippen LogP contribution >= 0.6 is 15.9 Å². The highest BCUT2D eigenvalue weighted by Crippen LogP contribution is 2.35. The molecule has 0 atom stereocenters. The number of carbonyl (C=O) groups excluding carboxylic acids is 1. The lowest BCUT2D eigenvalue weighted by molar-refractivity contribution is -0.395. The molecule has 134 valence electrons. The van der Waals surface area contributed by atoms with E-state index in [1.165, 1.54) is 24.3 Å². The van der Waals surface area contributed by atoms with E-state index in [-0.39, 0.29) is 22.3 Å². The lowest BCUT2D eigenvalue weighted by Gasteiger charge is -2.06. The van der Waals surface area contributed by atoms with Crippen LogP contribution in [0.3, 0.4) is 0 Å². The van der Waals surface area contributed by atoms with Crippen molar-refractivity contribution in [2.45, 2.75) is 6.61 Å². The van der Waals surface area contributed by atoms with Crippen molar-refractivity contribution in [1.29, 1.82) is 0 Å². The number of nitro benzene ring substituents is 3. The Kier molecular flexibility index (Phi) is 5.57. The first kappa shape index (κ1) is 18.9. The van der Waals surface area contributed by atoms with Gasteiger partial charge in [-0.15, -0.1) is 0 Å². The number of non-ortho nitro benzene ring substituents is 1. The Morgan fingerprint density at radius 2 is 1.42 bits per heavy atom. The molecule has 12 heteroatoms. The van der Waals surface area contributed by atoms with E-state index in [0.29, 0.717) is 5.56 Å². The minimum absolute atomic E-state index is 0.140. The molecule has 0 heterocycles. The molecule has 2 aromatic rings. The lowest BCUT2D eigenvalue weighted by Crippen LogP contribution is -2.07. The minimum atomic E-state index is -1.01. The summed E-state index contributed by atoms with van der Waals surface area (Å²) in [5.74, 6) is -1.01. The molecule has 0 aromatic heterocycles. The van der Waals surface area contributed by atoms with Crippen LogP contribution in [0.25, 0.3) is 0 Å². The van der Waals surface area contributed by atoms with Crippen LogP contribution in [-0.4, -0.2) is 20.7 Å². The number of carbonyl (C=O) groups is 1. The number of esters is 1. The average molecular weight is 426 g/mol. The molecule has 0 saturated heterocycles. The molecule has 0 aliphatic heterocycles. The molecule has 0 aliphatic carbocycles. The van der Waals surface area contributed by atoms with Crippen LogP contribution in [0, 0.1) is 30.3 Å². The third-order valence-electron chi connectivity index (χ3n) is 3.18. The molecule has 0 unspecified atom stereocenters. The van der Waals surface area contributed by atoms with E-state index in [2.05, 4.69) is 15.9 Å². The standard InChI is InChI=1S/C14H8BrN3O8/c15-13-11(17(22)23)5-9(6-12(13)18(24)25)14(19)26-7-8-1-3-10(4-2-8)16(20)21/h1-6H,7H2. The Hall–Kier alpha value is -3.41. The minimum Gasteiger partial charge on any atom is -0.457 e. The van der Waals surface area contributed by atoms with Gasteiger partial charge >= 0.3 is 5.97 Å². The molecule has 2 rings (SSSR count). The molecule has 0 saturated carbocycles. The van der Waals surface area contributed by atoms with Crippen molar-refractivity contribution in [2.24, 2.45) is 0 Å². The summed E-state index contributed by atoms with van der Waals surface area (Å²) in [5.41, 5.74) is -1.37. The normalized spacial score (nSPS) is 10.2. The van der Waals surface area contributed by atoms with Crippen molar-refractivity contribution in [3.05, 3.63) is 82.3 Å². The fraction of sp³-hybridized carbons (Fsp3) is 0.0714. The van der Waals surface area contributed by atoms with Crippen molar-refractivity contribution in [1.82, 2.24) is 0 Å². The molecule has 0 bridgehead atoms. The first-order valence-corrected chi connectivity index (χ1v) is 7.52. The van der Waals surface area contributed by atoms with E-state index in [0.717, 1.165) is 12.1 Å². The van der Waals surface area contributed by atoms with E-state index >= 15 is 0 Å². The predicted octanol–water partition coefficient (Wildman–Crippen LogP) is 3.53. The molecule has 0 radical (unpaired) electrons. The van der Waals surface area contributed by atoms with Crippen LogP contribution < -0.4 is 0 Å². The highest BCUT2D eigenvalue weighted by Gasteiger charge is 2.27. The quantitative estimate of drug-likeness (QED) is 0.386. The van der Waals surface area contributed by atoms with Crippen LogP contribution in [-0.2, 0) is 11.3 Å². The van der Waals surface area contributed by atoms with Gasteiger partial charge in [-0.05, 0) is 33.6 Å². The van der Waals surface area contributed by atoms with Gasteiger partial charge in [0.1, 0.15) is 6.61 Å². The summed E-state index contributed by atoms with van der Waals surface area (Å²) in [4.78, 5) is 42.3. The van der Waals surface area contributed by atoms with Crippen LogP contribution in [0.4, 0.5) is 17.1 Å². The van der Waals surface area contributed by atoms with E-state index in [1.807, 2.05) is 0 Å². The van der Waals surface area contributed by atoms with Crippen LogP contribution in [0.2, 0.25) is 0 Å². The summed E-state index contributed by atoms with van der Waals surface area (Å²) in [6.45, 7) is -0.269. The molecule has 26 heavy (non-hydrogen) atoms. The van der Waals surface area contributed by atoms with Gasteiger partial charge < -0.3 is 4.74 Å². The highest BCUT2D eigenvalue weighted by molar-refractivity contribution is 9.10. The maximum atomic E-state index is 12.1. The number of ether oxygens (including phenoxy) is 1. The second kappa shape index (κ2) is 7.65. The molecule has 0 amide bonds. The van der Waals surface area contributed by atoms with Crippen molar-refractivity contribution in [3.8, 4) is 0 Å². The Labute approximate surface area is 152 Å². The summed E-state index contributed by atoms with van der Waals surface area (Å²) in [5, 5.41) is 32.5. The molecular weight excluding hydrogens is 418 g/mol. The summed E-state index contributed by atoms with van der Waals surface area (Å²) >= 11 is 2.77. The molecule has 0 aliphatic rings. The van der Waals surface area contributed by atoms with Crippen molar-refractivity contribution in [2.75, 3.05) is 0 Å². The van der Waals surface area contributed by atoms with Gasteiger partial charge in [0, 0.05) is 24.3 Å². The van der Waals surface area contributed by atoms with Gasteiger partial charge in [-0.2, -0.15) is 0 Å². The summed E-state index contributed by atoms with van der Waals surface area (Å²) < 4.78 is 4.59. The number of halogens is 1. The predicted molar refractivity (Wildman–Crippen MR) is 89.7 cm³/mol. The van der Waals surface area contributed by atoms with Crippen LogP contribution in [0.1, 0.15) is 15.9 Å². The van der Waals surface area contributed by atoms with Crippen molar-refractivity contribution in [3.63, 3.8) is 0 Å². The third-order valence-corrected chi connectivity index (χ3v) is 3.99. The summed E-state index contributed by atoms with van der Waals surface area (Å²) in [7, 11) is 0. The maximum absolute atomic E-state index is 12.1. The van der Waals surface area contributed by atoms with Gasteiger partial charge in [-0.25, -0.2) is 4.79 Å². The zero-order chi connectivity index (χ0) is 19.4. The van der Waals surface area contributed by atoms with Gasteiger partial charge in [0.2, 0.25) is 0 Å². The average Bonchev–Trinajstić information content (AvgIpc) is 2.59. The topological polar surface area (TPSA) is 156 Å². The summed E-state index contributed by atoms with van der Waals surface area (Å²) in [6, 6.07) is 6.90. The fourth-order valence-corrected chi connectivity index (χ4v) is 2.44. The van der Waals surface area contributed by atoms with Crippen LogP contribution in [0.15, 0.2) is 40.9 Å². The Bertz CT molecular complexity index is 878. The zero-order valence-electron chi connectivity index (χ0n) is 12.7. The number of nitrogens with zero attached hydrogens (tertiary/aromatic N) is 3. The maximum Gasteiger partial charge on any atom is 0.338 e. The van der Waals surface area contributed by atoms with E-state index in [9.17, 15) is 35.1 Å². The first-order valence-electron chi connectivity index (χ1n) is 6.73. The number of hydrogen-bond acceptors (Lipinski definition) is 8. The second-order valence-electron chi connectivity index (χ2n) is 4.84. The fourth-order valence-electron chi connectivity index (χ4n) is 1.92. The number of hydrogen-bond donors (Lipinski definition) is 0. The number of rotatable bonds is 6. The van der Waals surface area contributed by atoms with Crippen molar-refractivity contribution < 1.29 is 24.3 Å². The third kappa shape index (κ3) is 4.16. The second-order valence-corrected chi connectivity index (χ2v) is 5.64. The molecular formula is C14H8BrN3O8. The molecule has 0 fully saturated rings. The zero-order valence-corrected chi connectivity index (χ0v) is 14.2.